The minimum absolute atomic E-state index is 0.432. The maximum absolute atomic E-state index is 5.88. The Morgan fingerprint density at radius 3 is 3.00 bits per heavy atom. The van der Waals surface area contributed by atoms with Crippen LogP contribution >= 0.6 is 15.9 Å². The van der Waals surface area contributed by atoms with Crippen LogP contribution in [0.1, 0.15) is 5.82 Å². The van der Waals surface area contributed by atoms with Crippen LogP contribution in [0.4, 0.5) is 5.69 Å². The molecule has 0 fully saturated rings. The van der Waals surface area contributed by atoms with E-state index >= 15 is 0 Å². The van der Waals surface area contributed by atoms with Gasteiger partial charge in [-0.15, -0.1) is 0 Å². The van der Waals surface area contributed by atoms with E-state index in [9.17, 15) is 0 Å². The fourth-order valence-corrected chi connectivity index (χ4v) is 1.77. The number of nitrogen functional groups attached to an aromatic ring is 1. The minimum Gasteiger partial charge on any atom is -0.398 e. The number of hydrogen-bond donors (Lipinski definition) is 1. The van der Waals surface area contributed by atoms with Gasteiger partial charge in [-0.05, 0) is 18.2 Å². The summed E-state index contributed by atoms with van der Waals surface area (Å²) in [6.07, 6.45) is 0.621. The summed E-state index contributed by atoms with van der Waals surface area (Å²) in [5.74, 6) is 1.05. The number of anilines is 1. The van der Waals surface area contributed by atoms with E-state index in [2.05, 4.69) is 26.1 Å². The molecule has 0 aliphatic rings. The standard InChI is InChI=1S/C11H12BrN3O2/c1-16-5-4-10-14-11(17-15-10)8-3-2-7(12)6-9(8)13/h2-3,6H,4-5,13H2,1H3. The van der Waals surface area contributed by atoms with Gasteiger partial charge >= 0.3 is 0 Å². The summed E-state index contributed by atoms with van der Waals surface area (Å²) in [4.78, 5) is 4.26. The van der Waals surface area contributed by atoms with Crippen molar-refractivity contribution in [1.29, 1.82) is 0 Å². The van der Waals surface area contributed by atoms with Gasteiger partial charge in [-0.25, -0.2) is 0 Å². The van der Waals surface area contributed by atoms with E-state index < -0.39 is 0 Å². The monoisotopic (exact) mass is 297 g/mol. The Balaban J connectivity index is 2.24. The molecule has 0 spiro atoms. The Kier molecular flexibility index (Phi) is 3.75. The van der Waals surface area contributed by atoms with E-state index in [1.807, 2.05) is 12.1 Å². The van der Waals surface area contributed by atoms with Gasteiger partial charge in [0, 0.05) is 23.7 Å². The predicted octanol–water partition coefficient (Wildman–Crippen LogP) is 2.27. The molecule has 0 atom stereocenters. The third-order valence-corrected chi connectivity index (χ3v) is 2.74. The first-order valence-electron chi connectivity index (χ1n) is 5.07. The van der Waals surface area contributed by atoms with Gasteiger partial charge in [-0.2, -0.15) is 4.98 Å². The first-order valence-corrected chi connectivity index (χ1v) is 5.87. The molecule has 0 radical (unpaired) electrons. The largest absolute Gasteiger partial charge is 0.398 e. The van der Waals surface area contributed by atoms with Crippen molar-refractivity contribution in [1.82, 2.24) is 10.1 Å². The van der Waals surface area contributed by atoms with E-state index in [0.29, 0.717) is 30.4 Å². The molecular weight excluding hydrogens is 286 g/mol. The number of aromatic nitrogens is 2. The summed E-state index contributed by atoms with van der Waals surface area (Å²) in [5.41, 5.74) is 7.22. The SMILES string of the molecule is COCCc1noc(-c2ccc(Br)cc2N)n1. The Morgan fingerprint density at radius 1 is 1.47 bits per heavy atom. The molecule has 0 amide bonds. The quantitative estimate of drug-likeness (QED) is 0.876. The fraction of sp³-hybridized carbons (Fsp3) is 0.273. The molecule has 1 aromatic carbocycles. The molecule has 6 heteroatoms. The maximum atomic E-state index is 5.88. The Bertz CT molecular complexity index is 513. The smallest absolute Gasteiger partial charge is 0.260 e. The molecule has 0 bridgehead atoms. The van der Waals surface area contributed by atoms with Crippen molar-refractivity contribution in [3.63, 3.8) is 0 Å². The summed E-state index contributed by atoms with van der Waals surface area (Å²) in [5, 5.41) is 3.86. The van der Waals surface area contributed by atoms with Gasteiger partial charge in [0.2, 0.25) is 0 Å². The molecule has 0 unspecified atom stereocenters. The van der Waals surface area contributed by atoms with Gasteiger partial charge in [0.1, 0.15) is 0 Å². The molecule has 1 heterocycles. The van der Waals surface area contributed by atoms with E-state index in [0.717, 1.165) is 10.0 Å². The normalized spacial score (nSPS) is 10.7. The number of methoxy groups -OCH3 is 1. The second kappa shape index (κ2) is 5.29. The number of nitrogens with two attached hydrogens (primary N) is 1. The zero-order valence-corrected chi connectivity index (χ0v) is 10.9. The molecule has 2 rings (SSSR count). The van der Waals surface area contributed by atoms with Crippen molar-refractivity contribution in [2.45, 2.75) is 6.42 Å². The van der Waals surface area contributed by atoms with Crippen LogP contribution in [0, 0.1) is 0 Å². The van der Waals surface area contributed by atoms with E-state index in [1.165, 1.54) is 0 Å². The molecule has 0 aliphatic carbocycles. The highest BCUT2D eigenvalue weighted by Gasteiger charge is 2.11. The van der Waals surface area contributed by atoms with Crippen LogP contribution < -0.4 is 5.73 Å². The Hall–Kier alpha value is -1.40. The lowest BCUT2D eigenvalue weighted by molar-refractivity contribution is 0.199. The number of rotatable bonds is 4. The van der Waals surface area contributed by atoms with Crippen LogP contribution in [0.25, 0.3) is 11.5 Å². The fourth-order valence-electron chi connectivity index (χ4n) is 1.39. The second-order valence-corrected chi connectivity index (χ2v) is 4.41. The second-order valence-electron chi connectivity index (χ2n) is 3.49. The summed E-state index contributed by atoms with van der Waals surface area (Å²) >= 11 is 3.35. The van der Waals surface area contributed by atoms with Gasteiger partial charge in [-0.1, -0.05) is 21.1 Å². The molecule has 17 heavy (non-hydrogen) atoms. The first-order chi connectivity index (χ1) is 8.20. The number of halogens is 1. The summed E-state index contributed by atoms with van der Waals surface area (Å²) in [6.45, 7) is 0.564. The van der Waals surface area contributed by atoms with Crippen molar-refractivity contribution in [2.75, 3.05) is 19.5 Å². The number of benzene rings is 1. The maximum Gasteiger partial charge on any atom is 0.260 e. The highest BCUT2D eigenvalue weighted by Crippen LogP contribution is 2.27. The Labute approximate surface area is 107 Å². The lowest BCUT2D eigenvalue weighted by atomic mass is 10.2. The molecule has 2 N–H and O–H groups in total. The molecule has 0 aliphatic heterocycles. The predicted molar refractivity (Wildman–Crippen MR) is 67.4 cm³/mol. The lowest BCUT2D eigenvalue weighted by Gasteiger charge is -2.00. The third kappa shape index (κ3) is 2.83. The average molecular weight is 298 g/mol. The molecule has 1 aromatic heterocycles. The summed E-state index contributed by atoms with van der Waals surface area (Å²) < 4.78 is 11.0. The highest BCUT2D eigenvalue weighted by atomic mass is 79.9. The van der Waals surface area contributed by atoms with Gasteiger partial charge in [0.15, 0.2) is 5.82 Å². The lowest BCUT2D eigenvalue weighted by Crippen LogP contribution is -1.96. The van der Waals surface area contributed by atoms with Gasteiger partial charge in [0.05, 0.1) is 12.2 Å². The number of hydrogen-bond acceptors (Lipinski definition) is 5. The van der Waals surface area contributed by atoms with E-state index in [1.54, 1.807) is 13.2 Å². The molecule has 2 aromatic rings. The first kappa shape index (κ1) is 12.1. The highest BCUT2D eigenvalue weighted by molar-refractivity contribution is 9.10. The molecule has 0 saturated carbocycles. The topological polar surface area (TPSA) is 74.2 Å². The average Bonchev–Trinajstić information content (AvgIpc) is 2.75. The van der Waals surface area contributed by atoms with Crippen molar-refractivity contribution in [3.05, 3.63) is 28.5 Å². The molecule has 5 nitrogen and oxygen atoms in total. The van der Waals surface area contributed by atoms with Crippen molar-refractivity contribution < 1.29 is 9.26 Å². The number of ether oxygens (including phenoxy) is 1. The Morgan fingerprint density at radius 2 is 2.29 bits per heavy atom. The zero-order chi connectivity index (χ0) is 12.3. The van der Waals surface area contributed by atoms with Gasteiger partial charge in [0.25, 0.3) is 5.89 Å². The van der Waals surface area contributed by atoms with Crippen molar-refractivity contribution in [3.8, 4) is 11.5 Å². The zero-order valence-electron chi connectivity index (χ0n) is 9.31. The molecule has 90 valence electrons. The van der Waals surface area contributed by atoms with Crippen LogP contribution in [0.5, 0.6) is 0 Å². The van der Waals surface area contributed by atoms with Crippen LogP contribution in [0.15, 0.2) is 27.2 Å². The molecule has 0 saturated heterocycles. The van der Waals surface area contributed by atoms with E-state index in [-0.39, 0.29) is 0 Å². The molecular formula is C11H12BrN3O2. The summed E-state index contributed by atoms with van der Waals surface area (Å²) in [6, 6.07) is 5.52. The van der Waals surface area contributed by atoms with Crippen LogP contribution in [0.2, 0.25) is 0 Å². The number of nitrogens with zero attached hydrogens (tertiary/aromatic N) is 2. The van der Waals surface area contributed by atoms with E-state index in [4.69, 9.17) is 15.0 Å². The van der Waals surface area contributed by atoms with Crippen LogP contribution in [0.3, 0.4) is 0 Å². The van der Waals surface area contributed by atoms with Gasteiger partial charge in [-0.3, -0.25) is 0 Å². The van der Waals surface area contributed by atoms with Crippen molar-refractivity contribution >= 4 is 21.6 Å². The van der Waals surface area contributed by atoms with Crippen LogP contribution in [-0.4, -0.2) is 23.9 Å². The summed E-state index contributed by atoms with van der Waals surface area (Å²) in [7, 11) is 1.63. The van der Waals surface area contributed by atoms with Crippen molar-refractivity contribution in [2.24, 2.45) is 0 Å². The van der Waals surface area contributed by atoms with Crippen LogP contribution in [-0.2, 0) is 11.2 Å². The minimum atomic E-state index is 0.432. The van der Waals surface area contributed by atoms with Gasteiger partial charge < -0.3 is 15.0 Å². The third-order valence-electron chi connectivity index (χ3n) is 2.24.